The number of fused-ring (bicyclic) bond motifs is 1. The normalized spacial score (nSPS) is 18.6. The van der Waals surface area contributed by atoms with Crippen molar-refractivity contribution < 1.29 is 4.79 Å². The molecule has 7 heteroatoms. The minimum absolute atomic E-state index is 0.0591. The smallest absolute Gasteiger partial charge is 0.235 e. The Labute approximate surface area is 123 Å². The van der Waals surface area contributed by atoms with Crippen LogP contribution in [0.3, 0.4) is 0 Å². The fourth-order valence-corrected chi connectivity index (χ4v) is 3.61. The number of halogens is 2. The molecule has 3 rings (SSSR count). The molecule has 1 aliphatic heterocycles. The number of hydrogen-bond donors (Lipinski definition) is 2. The maximum atomic E-state index is 11.6. The molecule has 1 amide bonds. The van der Waals surface area contributed by atoms with Crippen LogP contribution in [0.1, 0.15) is 16.4 Å². The van der Waals surface area contributed by atoms with Gasteiger partial charge >= 0.3 is 0 Å². The van der Waals surface area contributed by atoms with E-state index in [-0.39, 0.29) is 11.2 Å². The number of aromatic nitrogens is 2. The second-order valence-electron chi connectivity index (χ2n) is 4.08. The Balaban J connectivity index is 2.11. The van der Waals surface area contributed by atoms with Crippen LogP contribution in [-0.4, -0.2) is 21.9 Å². The van der Waals surface area contributed by atoms with Gasteiger partial charge in [-0.1, -0.05) is 35.3 Å². The SMILES string of the molecule is O=C1CS[C@H](c2cccc(Cl)c2Cl)c2cn[nH]c2N1. The Morgan fingerprint density at radius 2 is 2.16 bits per heavy atom. The maximum Gasteiger partial charge on any atom is 0.235 e. The summed E-state index contributed by atoms with van der Waals surface area (Å²) in [5.41, 5.74) is 1.79. The molecule has 19 heavy (non-hydrogen) atoms. The maximum absolute atomic E-state index is 11.6. The van der Waals surface area contributed by atoms with Gasteiger partial charge in [0.1, 0.15) is 5.82 Å². The summed E-state index contributed by atoms with van der Waals surface area (Å²) >= 11 is 13.8. The minimum Gasteiger partial charge on any atom is -0.310 e. The summed E-state index contributed by atoms with van der Waals surface area (Å²) in [4.78, 5) is 11.6. The number of hydrogen-bond acceptors (Lipinski definition) is 3. The predicted molar refractivity (Wildman–Crippen MR) is 78.0 cm³/mol. The van der Waals surface area contributed by atoms with Gasteiger partial charge in [0.2, 0.25) is 5.91 Å². The molecule has 0 aliphatic carbocycles. The van der Waals surface area contributed by atoms with E-state index in [0.717, 1.165) is 11.1 Å². The highest BCUT2D eigenvalue weighted by molar-refractivity contribution is 8.00. The highest BCUT2D eigenvalue weighted by Gasteiger charge is 2.27. The molecular weight excluding hydrogens is 305 g/mol. The predicted octanol–water partition coefficient (Wildman–Crippen LogP) is 3.49. The van der Waals surface area contributed by atoms with Crippen LogP contribution in [0.25, 0.3) is 0 Å². The second-order valence-corrected chi connectivity index (χ2v) is 5.96. The average molecular weight is 314 g/mol. The Kier molecular flexibility index (Phi) is 3.43. The van der Waals surface area contributed by atoms with Gasteiger partial charge in [0, 0.05) is 5.56 Å². The first-order valence-corrected chi connectivity index (χ1v) is 7.36. The van der Waals surface area contributed by atoms with Crippen LogP contribution < -0.4 is 5.32 Å². The third-order valence-electron chi connectivity index (χ3n) is 2.86. The van der Waals surface area contributed by atoms with Crippen molar-refractivity contribution >= 4 is 46.7 Å². The van der Waals surface area contributed by atoms with Gasteiger partial charge in [-0.25, -0.2) is 0 Å². The van der Waals surface area contributed by atoms with Gasteiger partial charge in [-0.2, -0.15) is 5.10 Å². The average Bonchev–Trinajstić information content (AvgIpc) is 2.77. The highest BCUT2D eigenvalue weighted by Crippen LogP contribution is 2.44. The first kappa shape index (κ1) is 12.8. The quantitative estimate of drug-likeness (QED) is 0.847. The number of rotatable bonds is 1. The molecule has 2 aromatic rings. The number of carbonyl (C=O) groups excluding carboxylic acids is 1. The molecule has 98 valence electrons. The van der Waals surface area contributed by atoms with Crippen LogP contribution >= 0.6 is 35.0 Å². The van der Waals surface area contributed by atoms with Crippen LogP contribution in [0.2, 0.25) is 10.0 Å². The van der Waals surface area contributed by atoms with E-state index in [1.165, 1.54) is 11.8 Å². The van der Waals surface area contributed by atoms with Crippen molar-refractivity contribution in [2.24, 2.45) is 0 Å². The lowest BCUT2D eigenvalue weighted by atomic mass is 10.1. The number of aromatic amines is 1. The van der Waals surface area contributed by atoms with Gasteiger partial charge in [-0.15, -0.1) is 11.8 Å². The van der Waals surface area contributed by atoms with E-state index in [1.54, 1.807) is 12.3 Å². The van der Waals surface area contributed by atoms with E-state index in [4.69, 9.17) is 23.2 Å². The van der Waals surface area contributed by atoms with Gasteiger partial charge in [-0.05, 0) is 11.6 Å². The number of benzene rings is 1. The summed E-state index contributed by atoms with van der Waals surface area (Å²) in [6, 6.07) is 5.51. The number of anilines is 1. The first-order valence-electron chi connectivity index (χ1n) is 5.55. The number of nitrogens with zero attached hydrogens (tertiary/aromatic N) is 1. The lowest BCUT2D eigenvalue weighted by Gasteiger charge is -2.15. The number of amides is 1. The molecule has 1 atom stereocenters. The molecule has 0 saturated heterocycles. The summed E-state index contributed by atoms with van der Waals surface area (Å²) in [7, 11) is 0. The van der Waals surface area contributed by atoms with Gasteiger partial charge in [0.25, 0.3) is 0 Å². The summed E-state index contributed by atoms with van der Waals surface area (Å²) in [6.07, 6.45) is 1.70. The third kappa shape index (κ3) is 2.33. The number of H-pyrrole nitrogens is 1. The number of carbonyl (C=O) groups is 1. The highest BCUT2D eigenvalue weighted by atomic mass is 35.5. The van der Waals surface area contributed by atoms with E-state index in [9.17, 15) is 4.79 Å². The zero-order chi connectivity index (χ0) is 13.4. The Bertz CT molecular complexity index is 644. The van der Waals surface area contributed by atoms with Crippen molar-refractivity contribution in [3.05, 3.63) is 45.6 Å². The molecular formula is C12H9Cl2N3OS. The minimum atomic E-state index is -0.0705. The first-order chi connectivity index (χ1) is 9.16. The van der Waals surface area contributed by atoms with Crippen molar-refractivity contribution in [3.63, 3.8) is 0 Å². The number of nitrogens with one attached hydrogen (secondary N) is 2. The third-order valence-corrected chi connectivity index (χ3v) is 4.96. The molecule has 0 radical (unpaired) electrons. The van der Waals surface area contributed by atoms with Gasteiger partial charge in [-0.3, -0.25) is 9.89 Å². The lowest BCUT2D eigenvalue weighted by molar-refractivity contribution is -0.113. The molecule has 4 nitrogen and oxygen atoms in total. The molecule has 1 aliphatic rings. The molecule has 1 aromatic heterocycles. The largest absolute Gasteiger partial charge is 0.310 e. The van der Waals surface area contributed by atoms with Crippen LogP contribution in [0.15, 0.2) is 24.4 Å². The molecule has 2 N–H and O–H groups in total. The van der Waals surface area contributed by atoms with Crippen molar-refractivity contribution in [2.75, 3.05) is 11.1 Å². The van der Waals surface area contributed by atoms with Crippen LogP contribution in [-0.2, 0) is 4.79 Å². The molecule has 2 heterocycles. The second kappa shape index (κ2) is 5.07. The Morgan fingerprint density at radius 3 is 3.00 bits per heavy atom. The standard InChI is InChI=1S/C12H9Cl2N3OS/c13-8-3-1-2-6(10(8)14)11-7-4-15-17-12(7)16-9(18)5-19-11/h1-4,11H,5H2,(H2,15,16,17,18)/t11-/m1/s1. The fraction of sp³-hybridized carbons (Fsp3) is 0.167. The summed E-state index contributed by atoms with van der Waals surface area (Å²) in [5, 5.41) is 10.5. The van der Waals surface area contributed by atoms with E-state index in [2.05, 4.69) is 15.5 Å². The van der Waals surface area contributed by atoms with Crippen molar-refractivity contribution in [3.8, 4) is 0 Å². The van der Waals surface area contributed by atoms with Crippen molar-refractivity contribution in [1.29, 1.82) is 0 Å². The van der Waals surface area contributed by atoms with E-state index < -0.39 is 0 Å². The van der Waals surface area contributed by atoms with Crippen LogP contribution in [0.4, 0.5) is 5.82 Å². The van der Waals surface area contributed by atoms with E-state index in [1.807, 2.05) is 12.1 Å². The van der Waals surface area contributed by atoms with Crippen molar-refractivity contribution in [2.45, 2.75) is 5.25 Å². The monoisotopic (exact) mass is 313 g/mol. The lowest BCUT2D eigenvalue weighted by Crippen LogP contribution is -2.12. The van der Waals surface area contributed by atoms with Crippen molar-refractivity contribution in [1.82, 2.24) is 10.2 Å². The zero-order valence-electron chi connectivity index (χ0n) is 9.61. The molecule has 0 unspecified atom stereocenters. The molecule has 0 spiro atoms. The topological polar surface area (TPSA) is 57.8 Å². The van der Waals surface area contributed by atoms with Gasteiger partial charge in [0.15, 0.2) is 0 Å². The summed E-state index contributed by atoms with van der Waals surface area (Å²) in [5.74, 6) is 0.919. The summed E-state index contributed by atoms with van der Waals surface area (Å²) in [6.45, 7) is 0. The van der Waals surface area contributed by atoms with Gasteiger partial charge in [0.05, 0.1) is 27.2 Å². The molecule has 1 aromatic carbocycles. The van der Waals surface area contributed by atoms with E-state index >= 15 is 0 Å². The van der Waals surface area contributed by atoms with Crippen LogP contribution in [0, 0.1) is 0 Å². The van der Waals surface area contributed by atoms with Gasteiger partial charge < -0.3 is 5.32 Å². The summed E-state index contributed by atoms with van der Waals surface area (Å²) < 4.78 is 0. The Morgan fingerprint density at radius 1 is 1.32 bits per heavy atom. The van der Waals surface area contributed by atoms with E-state index in [0.29, 0.717) is 21.6 Å². The van der Waals surface area contributed by atoms with Crippen LogP contribution in [0.5, 0.6) is 0 Å². The molecule has 0 fully saturated rings. The number of thioether (sulfide) groups is 1. The zero-order valence-corrected chi connectivity index (χ0v) is 11.9. The fourth-order valence-electron chi connectivity index (χ4n) is 2.00. The molecule has 0 saturated carbocycles. The Hall–Kier alpha value is -1.17. The molecule has 0 bridgehead atoms.